The smallest absolute Gasteiger partial charge is 0.408 e. The highest BCUT2D eigenvalue weighted by Crippen LogP contribution is 2.29. The molecule has 21 N–H and O–H groups in total. The van der Waals surface area contributed by atoms with Crippen LogP contribution in [0.3, 0.4) is 0 Å². The van der Waals surface area contributed by atoms with E-state index in [9.17, 15) is 88.0 Å². The fraction of sp³-hybridized carbons (Fsp3) is 0.462. The molecular formula is C93H127Cl2N17O23. The Bertz CT molecular complexity index is 4990. The fourth-order valence-electron chi connectivity index (χ4n) is 13.8. The number of primary amides is 2. The number of hydrogen-bond donors (Lipinski definition) is 16. The number of benzene rings is 6. The summed E-state index contributed by atoms with van der Waals surface area (Å²) in [5.74, 6) is -8.53. The molecule has 0 aromatic heterocycles. The highest BCUT2D eigenvalue weighted by Gasteiger charge is 2.35. The molecule has 0 saturated carbocycles. The molecule has 6 aromatic carbocycles. The van der Waals surface area contributed by atoms with Gasteiger partial charge in [0.1, 0.15) is 52.2 Å². The zero-order valence-corrected chi connectivity index (χ0v) is 79.0. The van der Waals surface area contributed by atoms with Crippen LogP contribution in [0, 0.1) is 65.7 Å². The standard InChI is InChI=1S/C47H63ClN8O11.C35H43ClN4O6.C11H21N5O6/c1-29-22-35(57)23-30(2)36(29)25-34(27-41(59)39(54-46(63)67-47(3,4)5)19-13-21-51-44(50)55-56(64)65)43(61)53-38(40(58)26-33(42(49)60)24-31-14-7-6-8-15-31)18-11-12-20-52-45(62)66-28-32-16-9-10-17-37(32)48;1-22-16-27(41)17-23(2)28(22)20-30(37)34(44)40-31(32(42)19-26(33(38)43)18-24-10-4-3-5-11-24)14-8-9-15-39-35(45)46-21-25-12-6-7-13-29(25)36;1-11(2,3)22-10(19)14-7(8(17)18)5-4-6-13-9(12)15-16(20)21/h6-10,14-17,22-23,33-34,38-39,57H,11-13,18-21,24-28H2,1-5H3,(H2,49,60)(H,52,62)(H,53,61)(H,54,63)(H3,50,51,55);3-7,10-13,16-17,26,30-31,41H,8-9,14-15,18-21,37H2,1-2H3,(H2,38,43)(H,39,45)(H,40,44);7H,4-6H2,1-3H3,(H,14,19)(H,17,18)(H3,12,13,15)/t33-,34?,38+,39-;26-,30?,31+;7-/m111/s1. The van der Waals surface area contributed by atoms with E-state index in [1.54, 1.807) is 128 Å². The van der Waals surface area contributed by atoms with Gasteiger partial charge in [0.2, 0.25) is 23.6 Å². The number of ether oxygens (including phenoxy) is 4. The van der Waals surface area contributed by atoms with Gasteiger partial charge in [-0.1, -0.05) is 120 Å². The van der Waals surface area contributed by atoms with E-state index in [1.165, 1.54) is 12.1 Å². The Morgan fingerprint density at radius 2 is 0.748 bits per heavy atom. The lowest BCUT2D eigenvalue weighted by atomic mass is 9.86. The Morgan fingerprint density at radius 3 is 1.11 bits per heavy atom. The Kier molecular flexibility index (Phi) is 49.0. The van der Waals surface area contributed by atoms with E-state index >= 15 is 0 Å². The highest BCUT2D eigenvalue weighted by molar-refractivity contribution is 6.31. The first-order valence-corrected chi connectivity index (χ1v) is 44.5. The van der Waals surface area contributed by atoms with Gasteiger partial charge in [-0.05, 0) is 240 Å². The lowest BCUT2D eigenvalue weighted by Gasteiger charge is -2.26. The van der Waals surface area contributed by atoms with E-state index in [1.807, 2.05) is 62.4 Å². The van der Waals surface area contributed by atoms with Crippen LogP contribution in [0.2, 0.25) is 10.0 Å². The minimum absolute atomic E-state index is 0.00103. The molecular weight excluding hydrogens is 1790 g/mol. The number of ketones is 3. The molecule has 0 fully saturated rings. The summed E-state index contributed by atoms with van der Waals surface area (Å²) in [6, 6.07) is 33.2. The van der Waals surface area contributed by atoms with Crippen molar-refractivity contribution in [3.8, 4) is 11.5 Å². The number of aryl methyl sites for hydroxylation is 4. The first-order valence-electron chi connectivity index (χ1n) is 43.7. The number of carbonyl (C=O) groups excluding carboxylic acids is 11. The number of rotatable bonds is 50. The Balaban J connectivity index is 0.000000480. The summed E-state index contributed by atoms with van der Waals surface area (Å²) < 4.78 is 20.9. The molecule has 42 heteroatoms. The molecule has 0 bridgehead atoms. The van der Waals surface area contributed by atoms with Gasteiger partial charge in [-0.3, -0.25) is 33.6 Å². The number of nitro groups is 2. The number of alkyl carbamates (subject to hydrolysis) is 4. The van der Waals surface area contributed by atoms with Gasteiger partial charge in [0.05, 0.1) is 24.2 Å². The van der Waals surface area contributed by atoms with Crippen LogP contribution in [0.5, 0.6) is 11.5 Å². The van der Waals surface area contributed by atoms with Crippen molar-refractivity contribution in [2.24, 2.45) is 56.6 Å². The maximum Gasteiger partial charge on any atom is 0.408 e. The monoisotopic (exact) mass is 1920 g/mol. The van der Waals surface area contributed by atoms with Gasteiger partial charge >= 0.3 is 30.3 Å². The summed E-state index contributed by atoms with van der Waals surface area (Å²) in [5, 5.41) is 75.6. The Labute approximate surface area is 793 Å². The molecule has 40 nitrogen and oxygen atoms in total. The van der Waals surface area contributed by atoms with Crippen LogP contribution < -0.4 is 71.2 Å². The van der Waals surface area contributed by atoms with Crippen LogP contribution in [0.25, 0.3) is 0 Å². The number of halogens is 2. The molecule has 6 aromatic rings. The van der Waals surface area contributed by atoms with E-state index < -0.39 is 147 Å². The number of Topliss-reactive ketones (excluding diaryl/α,β-unsaturated/α-hetero) is 3. The van der Waals surface area contributed by atoms with Gasteiger partial charge in [-0.2, -0.15) is 0 Å². The van der Waals surface area contributed by atoms with Gasteiger partial charge in [0.15, 0.2) is 27.4 Å². The van der Waals surface area contributed by atoms with Gasteiger partial charge in [-0.25, -0.2) is 44.2 Å². The third kappa shape index (κ3) is 46.4. The Hall–Kier alpha value is -13.8. The number of nitrogens with two attached hydrogens (primary N) is 5. The molecule has 736 valence electrons. The number of nitrogens with zero attached hydrogens (tertiary/aromatic N) is 4. The summed E-state index contributed by atoms with van der Waals surface area (Å²) in [4.78, 5) is 176. The van der Waals surface area contributed by atoms with Crippen LogP contribution >= 0.6 is 23.2 Å². The van der Waals surface area contributed by atoms with E-state index in [4.69, 9.17) is 75.9 Å². The minimum atomic E-state index is -1.21. The first-order chi connectivity index (χ1) is 63.6. The quantitative estimate of drug-likeness (QED) is 0.00422. The highest BCUT2D eigenvalue weighted by atomic mass is 35.5. The van der Waals surface area contributed by atoms with Crippen LogP contribution in [-0.2, 0) is 96.2 Å². The number of hydrogen-bond acceptors (Lipinski definition) is 23. The van der Waals surface area contributed by atoms with E-state index in [2.05, 4.69) is 52.7 Å². The number of amides is 8. The van der Waals surface area contributed by atoms with Crippen LogP contribution in [-0.4, -0.2) is 176 Å². The van der Waals surface area contributed by atoms with Gasteiger partial charge in [-0.15, -0.1) is 0 Å². The van der Waals surface area contributed by atoms with Crippen molar-refractivity contribution in [3.63, 3.8) is 0 Å². The maximum atomic E-state index is 14.6. The number of aromatic hydroxyl groups is 2. The number of phenolic OH excluding ortho intramolecular Hbond substituents is 2. The molecule has 0 aliphatic rings. The predicted molar refractivity (Wildman–Crippen MR) is 505 cm³/mol. The number of unbranched alkanes of at least 4 members (excludes halogenated alkanes) is 2. The second kappa shape index (κ2) is 58.3. The van der Waals surface area contributed by atoms with Crippen LogP contribution in [0.15, 0.2) is 144 Å². The number of nitrogens with one attached hydrogen (secondary N) is 8. The van der Waals surface area contributed by atoms with Crippen molar-refractivity contribution >= 4 is 106 Å². The lowest BCUT2D eigenvalue weighted by Crippen LogP contribution is -2.50. The maximum absolute atomic E-state index is 14.6. The van der Waals surface area contributed by atoms with Crippen molar-refractivity contribution in [1.82, 2.24) is 42.5 Å². The average Bonchev–Trinajstić information content (AvgIpc) is 0.828. The number of guanidine groups is 2. The molecule has 6 rings (SSSR count). The largest absolute Gasteiger partial charge is 0.508 e. The van der Waals surface area contributed by atoms with E-state index in [0.717, 1.165) is 27.8 Å². The number of aliphatic carboxylic acids is 1. The second-order valence-electron chi connectivity index (χ2n) is 34.0. The lowest BCUT2D eigenvalue weighted by molar-refractivity contribution is -0.485. The van der Waals surface area contributed by atoms with Crippen molar-refractivity contribution in [1.29, 1.82) is 0 Å². The second-order valence-corrected chi connectivity index (χ2v) is 34.9. The average molecular weight is 1920 g/mol. The number of phenols is 2. The zero-order valence-electron chi connectivity index (χ0n) is 77.5. The molecule has 0 saturated heterocycles. The summed E-state index contributed by atoms with van der Waals surface area (Å²) in [6.07, 6.45) is -0.618. The number of carbonyl (C=O) groups is 12. The van der Waals surface area contributed by atoms with Crippen LogP contribution in [0.4, 0.5) is 19.2 Å². The third-order valence-electron chi connectivity index (χ3n) is 20.6. The molecule has 8 amide bonds. The summed E-state index contributed by atoms with van der Waals surface area (Å²) in [5.41, 5.74) is 34.2. The number of carboxylic acids is 1. The summed E-state index contributed by atoms with van der Waals surface area (Å²) in [6.45, 7) is 17.7. The van der Waals surface area contributed by atoms with E-state index in [0.29, 0.717) is 76.4 Å². The van der Waals surface area contributed by atoms with E-state index in [-0.39, 0.29) is 127 Å². The minimum Gasteiger partial charge on any atom is -0.508 e. The molecule has 2 unspecified atom stereocenters. The van der Waals surface area contributed by atoms with Crippen molar-refractivity contribution < 1.29 is 102 Å². The molecule has 8 atom stereocenters. The molecule has 0 aliphatic heterocycles. The van der Waals surface area contributed by atoms with Crippen molar-refractivity contribution in [2.45, 2.75) is 233 Å². The molecule has 0 radical (unpaired) electrons. The summed E-state index contributed by atoms with van der Waals surface area (Å²) >= 11 is 12.3. The van der Waals surface area contributed by atoms with Crippen molar-refractivity contribution in [2.75, 3.05) is 26.2 Å². The van der Waals surface area contributed by atoms with Gasteiger partial charge < -0.3 is 105 Å². The first kappa shape index (κ1) is 114. The predicted octanol–water partition coefficient (Wildman–Crippen LogP) is 9.69. The Morgan fingerprint density at radius 1 is 0.422 bits per heavy atom. The van der Waals surface area contributed by atoms with Gasteiger partial charge in [0, 0.05) is 84.4 Å². The van der Waals surface area contributed by atoms with Gasteiger partial charge in [0.25, 0.3) is 11.9 Å². The molecule has 0 aliphatic carbocycles. The molecule has 0 heterocycles. The van der Waals surface area contributed by atoms with Crippen molar-refractivity contribution in [3.05, 3.63) is 219 Å². The zero-order chi connectivity index (χ0) is 101. The molecule has 135 heavy (non-hydrogen) atoms. The SMILES string of the molecule is CC(C)(C)OC(=O)N[C@H](CCCN/C(N)=N\[N+](=O)[O-])C(=O)O.Cc1cc(O)cc(C)c1CC(CC(=O)[C@@H](CCCN/C(N)=N\[N+](=O)[O-])NC(=O)OC(C)(C)C)C(=O)N[C@@H](CCCCNC(=O)OCc1ccccc1Cl)C(=O)C[C@@H](Cc1ccccc1)C(N)=O.Cc1cc(O)cc(C)c1CC(N)C(=O)N[C@@H](CCCCNC(=O)OCc1ccccc1Cl)C(=O)C[C@@H](Cc1ccccc1)C(N)=O. The number of carboxylic acid groups (broad SMARTS) is 1. The molecule has 0 spiro atoms. The fourth-order valence-corrected chi connectivity index (χ4v) is 14.2. The summed E-state index contributed by atoms with van der Waals surface area (Å²) in [7, 11) is 0. The number of hydrazone groups is 2. The normalized spacial score (nSPS) is 13.1. The third-order valence-corrected chi connectivity index (χ3v) is 21.3. The topological polar surface area (TPSA) is 640 Å². The van der Waals surface area contributed by atoms with Crippen LogP contribution in [0.1, 0.15) is 181 Å².